The molecule has 0 radical (unpaired) electrons. The number of hydrogen-bond acceptors (Lipinski definition) is 4. The molecular weight excluding hydrogens is 383 g/mol. The number of amides is 2. The van der Waals surface area contributed by atoms with Gasteiger partial charge in [0.05, 0.1) is 11.6 Å². The number of nitrogens with one attached hydrogen (secondary N) is 1. The minimum absolute atomic E-state index is 0.00323. The molecule has 1 aromatic rings. The van der Waals surface area contributed by atoms with Crippen molar-refractivity contribution in [2.75, 3.05) is 13.1 Å². The summed E-state index contributed by atoms with van der Waals surface area (Å²) in [6.07, 6.45) is 4.78. The predicted octanol–water partition coefficient (Wildman–Crippen LogP) is 3.09. The third-order valence-electron chi connectivity index (χ3n) is 4.39. The quantitative estimate of drug-likeness (QED) is 0.607. The molecule has 1 saturated carbocycles. The molecule has 0 saturated heterocycles. The molecule has 1 aromatic carbocycles. The summed E-state index contributed by atoms with van der Waals surface area (Å²) in [5.41, 5.74) is 1.01. The van der Waals surface area contributed by atoms with E-state index in [4.69, 9.17) is 11.6 Å². The van der Waals surface area contributed by atoms with Crippen LogP contribution in [0.5, 0.6) is 0 Å². The Bertz CT molecular complexity index is 792. The maximum Gasteiger partial charge on any atom is 0.243 e. The number of carbonyl (C=O) groups excluding carboxylic acids is 2. The van der Waals surface area contributed by atoms with Gasteiger partial charge in [-0.3, -0.25) is 14.6 Å². The van der Waals surface area contributed by atoms with E-state index < -0.39 is 5.82 Å². The number of nitrogens with zero attached hydrogens (tertiary/aromatic N) is 3. The first-order valence-electron chi connectivity index (χ1n) is 8.88. The highest BCUT2D eigenvalue weighted by atomic mass is 35.5. The van der Waals surface area contributed by atoms with Crippen molar-refractivity contribution in [1.29, 1.82) is 0 Å². The van der Waals surface area contributed by atoms with Gasteiger partial charge in [0.1, 0.15) is 12.4 Å². The fraction of sp³-hybridized carbons (Fsp3) is 0.350. The molecule has 1 aliphatic rings. The Hall–Kier alpha value is -2.67. The molecule has 1 N–H and O–H groups in total. The number of hydrogen-bond donors (Lipinski definition) is 1. The molecule has 6 nitrogen and oxygen atoms in total. The highest BCUT2D eigenvalue weighted by Gasteiger charge is 2.34. The summed E-state index contributed by atoms with van der Waals surface area (Å²) in [5, 5.41) is 2.65. The third-order valence-corrected chi connectivity index (χ3v) is 4.68. The predicted molar refractivity (Wildman–Crippen MR) is 108 cm³/mol. The van der Waals surface area contributed by atoms with Gasteiger partial charge in [-0.1, -0.05) is 30.3 Å². The van der Waals surface area contributed by atoms with Crippen LogP contribution in [0.1, 0.15) is 25.3 Å². The maximum absolute atomic E-state index is 13.9. The van der Waals surface area contributed by atoms with Gasteiger partial charge in [-0.15, -0.1) is 0 Å². The fourth-order valence-corrected chi connectivity index (χ4v) is 2.87. The van der Waals surface area contributed by atoms with E-state index in [9.17, 15) is 14.0 Å². The molecule has 28 heavy (non-hydrogen) atoms. The zero-order valence-electron chi connectivity index (χ0n) is 15.8. The molecule has 0 atom stereocenters. The molecule has 0 heterocycles. The Labute approximate surface area is 169 Å². The highest BCUT2D eigenvalue weighted by molar-refractivity contribution is 6.30. The molecule has 8 heteroatoms. The Balaban J connectivity index is 1.96. The van der Waals surface area contributed by atoms with Crippen molar-refractivity contribution in [3.05, 3.63) is 59.3 Å². The first-order chi connectivity index (χ1) is 13.4. The average Bonchev–Trinajstić information content (AvgIpc) is 3.50. The number of halogens is 2. The van der Waals surface area contributed by atoms with Crippen LogP contribution in [0.3, 0.4) is 0 Å². The van der Waals surface area contributed by atoms with Gasteiger partial charge in [-0.05, 0) is 38.7 Å². The van der Waals surface area contributed by atoms with Crippen LogP contribution in [0, 0.1) is 5.82 Å². The molecule has 2 amide bonds. The van der Waals surface area contributed by atoms with E-state index in [0.29, 0.717) is 5.56 Å². The third kappa shape index (κ3) is 5.92. The number of carbonyl (C=O) groups is 2. The molecule has 0 bridgehead atoms. The number of rotatable bonds is 10. The maximum atomic E-state index is 13.9. The van der Waals surface area contributed by atoms with Crippen molar-refractivity contribution in [3.8, 4) is 0 Å². The lowest BCUT2D eigenvalue weighted by molar-refractivity contribution is -0.136. The lowest BCUT2D eigenvalue weighted by Crippen LogP contribution is -2.45. The van der Waals surface area contributed by atoms with Gasteiger partial charge < -0.3 is 15.1 Å². The first-order valence-corrected chi connectivity index (χ1v) is 9.26. The molecular formula is C20H24ClFN4O2. The van der Waals surface area contributed by atoms with Crippen molar-refractivity contribution in [1.82, 2.24) is 15.1 Å². The SMILES string of the molecule is C=CN(CC(=O)N(CC(=O)NCc1cccc(Cl)c1F)C1CC1)/C(C)=C/N=C. The fourth-order valence-electron chi connectivity index (χ4n) is 2.67. The Morgan fingerprint density at radius 3 is 2.71 bits per heavy atom. The van der Waals surface area contributed by atoms with Crippen molar-refractivity contribution in [2.45, 2.75) is 32.4 Å². The Morgan fingerprint density at radius 1 is 1.39 bits per heavy atom. The summed E-state index contributed by atoms with van der Waals surface area (Å²) in [5.74, 6) is -1.10. The monoisotopic (exact) mass is 406 g/mol. The number of allylic oxidation sites excluding steroid dienone is 1. The molecule has 0 spiro atoms. The van der Waals surface area contributed by atoms with E-state index in [1.165, 1.54) is 18.5 Å². The second kappa shape index (κ2) is 10.0. The van der Waals surface area contributed by atoms with Gasteiger partial charge in [-0.25, -0.2) is 4.39 Å². The van der Waals surface area contributed by atoms with E-state index in [1.807, 2.05) is 0 Å². The van der Waals surface area contributed by atoms with E-state index in [1.54, 1.807) is 28.9 Å². The van der Waals surface area contributed by atoms with Crippen LogP contribution < -0.4 is 5.32 Å². The van der Waals surface area contributed by atoms with Crippen LogP contribution in [0.4, 0.5) is 4.39 Å². The molecule has 0 aliphatic heterocycles. The van der Waals surface area contributed by atoms with Crippen molar-refractivity contribution in [2.24, 2.45) is 4.99 Å². The summed E-state index contributed by atoms with van der Waals surface area (Å²) in [4.78, 5) is 31.9. The largest absolute Gasteiger partial charge is 0.350 e. The van der Waals surface area contributed by atoms with Gasteiger partial charge in [-0.2, -0.15) is 0 Å². The van der Waals surface area contributed by atoms with Crippen LogP contribution in [0.25, 0.3) is 0 Å². The number of benzene rings is 1. The molecule has 150 valence electrons. The summed E-state index contributed by atoms with van der Waals surface area (Å²) >= 11 is 5.75. The lowest BCUT2D eigenvalue weighted by Gasteiger charge is -2.26. The second-order valence-electron chi connectivity index (χ2n) is 6.51. The van der Waals surface area contributed by atoms with Crippen LogP contribution >= 0.6 is 11.6 Å². The van der Waals surface area contributed by atoms with E-state index in [2.05, 4.69) is 23.6 Å². The van der Waals surface area contributed by atoms with Crippen LogP contribution in [-0.4, -0.2) is 47.5 Å². The molecule has 2 rings (SSSR count). The van der Waals surface area contributed by atoms with Crippen molar-refractivity contribution < 1.29 is 14.0 Å². The molecule has 0 aromatic heterocycles. The van der Waals surface area contributed by atoms with Crippen molar-refractivity contribution in [3.63, 3.8) is 0 Å². The molecule has 1 aliphatic carbocycles. The topological polar surface area (TPSA) is 65.0 Å². The van der Waals surface area contributed by atoms with E-state index in [-0.39, 0.29) is 42.5 Å². The summed E-state index contributed by atoms with van der Waals surface area (Å²) in [6, 6.07) is 4.66. The average molecular weight is 407 g/mol. The van der Waals surface area contributed by atoms with E-state index in [0.717, 1.165) is 18.5 Å². The second-order valence-corrected chi connectivity index (χ2v) is 6.91. The lowest BCUT2D eigenvalue weighted by atomic mass is 10.2. The summed E-state index contributed by atoms with van der Waals surface area (Å²) in [7, 11) is 0. The number of aliphatic imine (C=N–C) groups is 1. The van der Waals surface area contributed by atoms with Crippen LogP contribution in [0.15, 0.2) is 47.9 Å². The summed E-state index contributed by atoms with van der Waals surface area (Å²) in [6.45, 7) is 8.86. The zero-order chi connectivity index (χ0) is 20.7. The normalized spacial score (nSPS) is 13.6. The van der Waals surface area contributed by atoms with Gasteiger partial charge in [0.25, 0.3) is 0 Å². The van der Waals surface area contributed by atoms with E-state index >= 15 is 0 Å². The standard InChI is InChI=1S/C20H24ClFN4O2/c1-4-25(14(2)10-23-3)13-19(28)26(16-8-9-16)12-18(27)24-11-15-6-5-7-17(21)20(15)22/h4-7,10,16H,1,3,8-9,11-13H2,2H3,(H,24,27)/b14-10+. The molecule has 1 fully saturated rings. The minimum Gasteiger partial charge on any atom is -0.350 e. The molecule has 0 unspecified atom stereocenters. The van der Waals surface area contributed by atoms with Gasteiger partial charge in [0.15, 0.2) is 0 Å². The first kappa shape index (κ1) is 21.6. The zero-order valence-corrected chi connectivity index (χ0v) is 16.6. The smallest absolute Gasteiger partial charge is 0.243 e. The summed E-state index contributed by atoms with van der Waals surface area (Å²) < 4.78 is 13.9. The van der Waals surface area contributed by atoms with Crippen molar-refractivity contribution >= 4 is 30.1 Å². The van der Waals surface area contributed by atoms with Crippen LogP contribution in [-0.2, 0) is 16.1 Å². The van der Waals surface area contributed by atoms with Crippen LogP contribution in [0.2, 0.25) is 5.02 Å². The minimum atomic E-state index is -0.556. The Kier molecular flexibility index (Phi) is 7.75. The van der Waals surface area contributed by atoms with Gasteiger partial charge in [0, 0.05) is 30.0 Å². The highest BCUT2D eigenvalue weighted by Crippen LogP contribution is 2.27. The Morgan fingerprint density at radius 2 is 2.11 bits per heavy atom. The van der Waals surface area contributed by atoms with Gasteiger partial charge >= 0.3 is 0 Å². The van der Waals surface area contributed by atoms with Gasteiger partial charge in [0.2, 0.25) is 11.8 Å².